The zero-order valence-corrected chi connectivity index (χ0v) is 13.5. The molecule has 22 heavy (non-hydrogen) atoms. The van der Waals surface area contributed by atoms with Crippen molar-refractivity contribution in [1.82, 2.24) is 10.3 Å². The Labute approximate surface area is 135 Å². The Hall–Kier alpha value is -1.88. The maximum Gasteiger partial charge on any atom is 0.319 e. The van der Waals surface area contributed by atoms with Gasteiger partial charge in [0.2, 0.25) is 0 Å². The van der Waals surface area contributed by atoms with Crippen molar-refractivity contribution in [2.24, 2.45) is 5.92 Å². The SMILES string of the molecule is CC1CCCCC1NC(=O)Nc1ccc(-c2nccs2)cc1. The second-order valence-corrected chi connectivity index (χ2v) is 6.78. The molecular weight excluding hydrogens is 294 g/mol. The van der Waals surface area contributed by atoms with E-state index < -0.39 is 0 Å². The Bertz CT molecular complexity index is 609. The smallest absolute Gasteiger partial charge is 0.319 e. The third-order valence-electron chi connectivity index (χ3n) is 4.25. The molecule has 1 aromatic carbocycles. The van der Waals surface area contributed by atoms with Crippen LogP contribution in [0, 0.1) is 5.92 Å². The summed E-state index contributed by atoms with van der Waals surface area (Å²) in [5.41, 5.74) is 1.88. The first-order valence-electron chi connectivity index (χ1n) is 7.80. The lowest BCUT2D eigenvalue weighted by molar-refractivity contribution is 0.232. The Kier molecular flexibility index (Phi) is 4.73. The summed E-state index contributed by atoms with van der Waals surface area (Å²) in [6.07, 6.45) is 6.56. The van der Waals surface area contributed by atoms with E-state index in [9.17, 15) is 4.79 Å². The Morgan fingerprint density at radius 1 is 1.23 bits per heavy atom. The number of rotatable bonds is 3. The summed E-state index contributed by atoms with van der Waals surface area (Å²) in [5, 5.41) is 8.97. The lowest BCUT2D eigenvalue weighted by Gasteiger charge is -2.29. The summed E-state index contributed by atoms with van der Waals surface area (Å²) in [6.45, 7) is 2.22. The van der Waals surface area contributed by atoms with Crippen LogP contribution in [0.2, 0.25) is 0 Å². The summed E-state index contributed by atoms with van der Waals surface area (Å²) in [5.74, 6) is 0.562. The van der Waals surface area contributed by atoms with Gasteiger partial charge >= 0.3 is 6.03 Å². The van der Waals surface area contributed by atoms with Gasteiger partial charge in [0.1, 0.15) is 5.01 Å². The molecule has 0 radical (unpaired) electrons. The van der Waals surface area contributed by atoms with Crippen molar-refractivity contribution in [3.8, 4) is 10.6 Å². The summed E-state index contributed by atoms with van der Waals surface area (Å²) in [4.78, 5) is 16.4. The molecule has 0 spiro atoms. The molecule has 4 nitrogen and oxygen atoms in total. The van der Waals surface area contributed by atoms with E-state index in [1.54, 1.807) is 17.5 Å². The fourth-order valence-electron chi connectivity index (χ4n) is 2.93. The van der Waals surface area contributed by atoms with Gasteiger partial charge in [-0.25, -0.2) is 9.78 Å². The van der Waals surface area contributed by atoms with Gasteiger partial charge < -0.3 is 10.6 Å². The van der Waals surface area contributed by atoms with Crippen LogP contribution in [0.25, 0.3) is 10.6 Å². The molecule has 0 saturated heterocycles. The molecule has 2 N–H and O–H groups in total. The van der Waals surface area contributed by atoms with Crippen molar-refractivity contribution >= 4 is 23.1 Å². The number of carbonyl (C=O) groups excluding carboxylic acids is 1. The zero-order valence-electron chi connectivity index (χ0n) is 12.7. The second-order valence-electron chi connectivity index (χ2n) is 5.88. The number of hydrogen-bond acceptors (Lipinski definition) is 3. The predicted molar refractivity (Wildman–Crippen MR) is 91.1 cm³/mol. The number of amides is 2. The van der Waals surface area contributed by atoms with Gasteiger partial charge in [-0.1, -0.05) is 19.8 Å². The van der Waals surface area contributed by atoms with Crippen molar-refractivity contribution in [1.29, 1.82) is 0 Å². The minimum atomic E-state index is -0.110. The van der Waals surface area contributed by atoms with E-state index in [2.05, 4.69) is 22.5 Å². The third-order valence-corrected chi connectivity index (χ3v) is 5.07. The van der Waals surface area contributed by atoms with Gasteiger partial charge in [-0.2, -0.15) is 0 Å². The second kappa shape index (κ2) is 6.92. The van der Waals surface area contributed by atoms with Crippen LogP contribution in [0.5, 0.6) is 0 Å². The normalized spacial score (nSPS) is 21.3. The monoisotopic (exact) mass is 315 g/mol. The molecule has 2 amide bonds. The first-order valence-corrected chi connectivity index (χ1v) is 8.68. The van der Waals surface area contributed by atoms with Crippen molar-refractivity contribution < 1.29 is 4.79 Å². The van der Waals surface area contributed by atoms with E-state index in [4.69, 9.17) is 0 Å². The van der Waals surface area contributed by atoms with Gasteiger partial charge in [0.25, 0.3) is 0 Å². The van der Waals surface area contributed by atoms with Crippen LogP contribution in [-0.4, -0.2) is 17.1 Å². The van der Waals surface area contributed by atoms with Crippen LogP contribution < -0.4 is 10.6 Å². The summed E-state index contributed by atoms with van der Waals surface area (Å²) < 4.78 is 0. The molecule has 1 heterocycles. The highest BCUT2D eigenvalue weighted by Crippen LogP contribution is 2.25. The first kappa shape index (κ1) is 15.0. The van der Waals surface area contributed by atoms with E-state index in [0.29, 0.717) is 12.0 Å². The van der Waals surface area contributed by atoms with Gasteiger partial charge in [-0.3, -0.25) is 0 Å². The maximum atomic E-state index is 12.1. The van der Waals surface area contributed by atoms with Crippen LogP contribution in [0.4, 0.5) is 10.5 Å². The molecule has 1 aromatic heterocycles. The molecule has 0 bridgehead atoms. The van der Waals surface area contributed by atoms with Gasteiger partial charge in [0, 0.05) is 28.9 Å². The average Bonchev–Trinajstić information content (AvgIpc) is 3.05. The number of anilines is 1. The van der Waals surface area contributed by atoms with Gasteiger partial charge in [0.15, 0.2) is 0 Å². The molecule has 3 rings (SSSR count). The largest absolute Gasteiger partial charge is 0.335 e. The number of thiazole rings is 1. The average molecular weight is 315 g/mol. The highest BCUT2D eigenvalue weighted by molar-refractivity contribution is 7.13. The molecule has 1 aliphatic rings. The minimum absolute atomic E-state index is 0.110. The van der Waals surface area contributed by atoms with Crippen molar-refractivity contribution in [3.63, 3.8) is 0 Å². The van der Waals surface area contributed by atoms with E-state index in [-0.39, 0.29) is 6.03 Å². The van der Waals surface area contributed by atoms with Gasteiger partial charge in [0.05, 0.1) is 0 Å². The molecule has 116 valence electrons. The van der Waals surface area contributed by atoms with E-state index in [1.165, 1.54) is 19.3 Å². The molecule has 0 aliphatic heterocycles. The van der Waals surface area contributed by atoms with E-state index >= 15 is 0 Å². The standard InChI is InChI=1S/C17H21N3OS/c1-12-4-2-3-5-15(12)20-17(21)19-14-8-6-13(7-9-14)16-18-10-11-22-16/h6-12,15H,2-5H2,1H3,(H2,19,20,21). The van der Waals surface area contributed by atoms with Crippen LogP contribution in [0.1, 0.15) is 32.6 Å². The minimum Gasteiger partial charge on any atom is -0.335 e. The highest BCUT2D eigenvalue weighted by Gasteiger charge is 2.22. The summed E-state index contributed by atoms with van der Waals surface area (Å²) in [7, 11) is 0. The maximum absolute atomic E-state index is 12.1. The van der Waals surface area contributed by atoms with Crippen molar-refractivity contribution in [3.05, 3.63) is 35.8 Å². The van der Waals surface area contributed by atoms with Gasteiger partial charge in [-0.05, 0) is 43.0 Å². The van der Waals surface area contributed by atoms with Gasteiger partial charge in [-0.15, -0.1) is 11.3 Å². The molecule has 1 aliphatic carbocycles. The number of nitrogens with zero attached hydrogens (tertiary/aromatic N) is 1. The number of benzene rings is 1. The van der Waals surface area contributed by atoms with Crippen LogP contribution in [0.15, 0.2) is 35.8 Å². The van der Waals surface area contributed by atoms with Crippen LogP contribution >= 0.6 is 11.3 Å². The van der Waals surface area contributed by atoms with Crippen molar-refractivity contribution in [2.45, 2.75) is 38.6 Å². The van der Waals surface area contributed by atoms with E-state index in [1.807, 2.05) is 29.6 Å². The fourth-order valence-corrected chi connectivity index (χ4v) is 3.57. The number of hydrogen-bond donors (Lipinski definition) is 2. The molecule has 2 atom stereocenters. The quantitative estimate of drug-likeness (QED) is 0.875. The summed E-state index contributed by atoms with van der Waals surface area (Å²) >= 11 is 1.61. The molecule has 2 aromatic rings. The lowest BCUT2D eigenvalue weighted by Crippen LogP contribution is -2.43. The number of aromatic nitrogens is 1. The van der Waals surface area contributed by atoms with E-state index in [0.717, 1.165) is 22.7 Å². The first-order chi connectivity index (χ1) is 10.7. The predicted octanol–water partition coefficient (Wildman–Crippen LogP) is 4.51. The Morgan fingerprint density at radius 2 is 2.00 bits per heavy atom. The number of nitrogens with one attached hydrogen (secondary N) is 2. The number of urea groups is 1. The molecule has 1 saturated carbocycles. The highest BCUT2D eigenvalue weighted by atomic mass is 32.1. The lowest BCUT2D eigenvalue weighted by atomic mass is 9.86. The van der Waals surface area contributed by atoms with Crippen LogP contribution in [0.3, 0.4) is 0 Å². The number of carbonyl (C=O) groups is 1. The Balaban J connectivity index is 1.57. The Morgan fingerprint density at radius 3 is 2.68 bits per heavy atom. The molecule has 1 fully saturated rings. The van der Waals surface area contributed by atoms with Crippen LogP contribution in [-0.2, 0) is 0 Å². The fraction of sp³-hybridized carbons (Fsp3) is 0.412. The zero-order chi connectivity index (χ0) is 15.4. The van der Waals surface area contributed by atoms with Crippen molar-refractivity contribution in [2.75, 3.05) is 5.32 Å². The molecular formula is C17H21N3OS. The third kappa shape index (κ3) is 3.65. The summed E-state index contributed by atoms with van der Waals surface area (Å²) in [6, 6.07) is 7.99. The topological polar surface area (TPSA) is 54.0 Å². The molecule has 2 unspecified atom stereocenters. The molecule has 5 heteroatoms.